The Balaban J connectivity index is 1.89. The number of hydrogen-bond acceptors (Lipinski definition) is 4. The van der Waals surface area contributed by atoms with E-state index in [2.05, 4.69) is 6.07 Å². The minimum Gasteiger partial charge on any atom is -0.487 e. The zero-order chi connectivity index (χ0) is 16.4. The van der Waals surface area contributed by atoms with Gasteiger partial charge in [0, 0.05) is 30.1 Å². The monoisotopic (exact) mass is 307 g/mol. The maximum absolute atomic E-state index is 10.6. The Labute approximate surface area is 132 Å². The number of hydrogen-bond donors (Lipinski definition) is 0. The quantitative estimate of drug-likeness (QED) is 0.545. The van der Waals surface area contributed by atoms with Crippen molar-refractivity contribution in [2.45, 2.75) is 6.61 Å². The van der Waals surface area contributed by atoms with Gasteiger partial charge in [0.25, 0.3) is 5.69 Å². The molecule has 0 saturated heterocycles. The molecule has 0 aliphatic carbocycles. The molecular formula is C17H13N3O3. The molecule has 0 spiro atoms. The molecule has 0 radical (unpaired) electrons. The molecule has 0 fully saturated rings. The SMILES string of the molecule is Cn1c(COc2ccc([N+](=O)[O-])cc2)c(C#N)c2ccccc21. The second-order valence-electron chi connectivity index (χ2n) is 5.05. The smallest absolute Gasteiger partial charge is 0.269 e. The minimum absolute atomic E-state index is 0.0136. The van der Waals surface area contributed by atoms with Crippen molar-refractivity contribution in [1.82, 2.24) is 4.57 Å². The van der Waals surface area contributed by atoms with Crippen molar-refractivity contribution in [3.63, 3.8) is 0 Å². The third-order valence-corrected chi connectivity index (χ3v) is 3.76. The summed E-state index contributed by atoms with van der Waals surface area (Å²) in [5.41, 5.74) is 2.34. The zero-order valence-corrected chi connectivity index (χ0v) is 12.4. The summed E-state index contributed by atoms with van der Waals surface area (Å²) < 4.78 is 7.61. The van der Waals surface area contributed by atoms with Gasteiger partial charge in [-0.3, -0.25) is 10.1 Å². The van der Waals surface area contributed by atoms with E-state index in [4.69, 9.17) is 4.74 Å². The van der Waals surface area contributed by atoms with Crippen LogP contribution in [-0.4, -0.2) is 9.49 Å². The van der Waals surface area contributed by atoms with Crippen LogP contribution in [-0.2, 0) is 13.7 Å². The van der Waals surface area contributed by atoms with Gasteiger partial charge in [0.1, 0.15) is 18.4 Å². The van der Waals surface area contributed by atoms with Gasteiger partial charge in [0.2, 0.25) is 0 Å². The highest BCUT2D eigenvalue weighted by atomic mass is 16.6. The molecule has 114 valence electrons. The summed E-state index contributed by atoms with van der Waals surface area (Å²) in [6, 6.07) is 15.8. The molecule has 1 aromatic heterocycles. The zero-order valence-electron chi connectivity index (χ0n) is 12.4. The van der Waals surface area contributed by atoms with Crippen LogP contribution < -0.4 is 4.74 Å². The molecule has 0 unspecified atom stereocenters. The highest BCUT2D eigenvalue weighted by Gasteiger charge is 2.15. The van der Waals surface area contributed by atoms with Crippen molar-refractivity contribution < 1.29 is 9.66 Å². The summed E-state index contributed by atoms with van der Waals surface area (Å²) in [6.45, 7) is 0.214. The lowest BCUT2D eigenvalue weighted by Crippen LogP contribution is -2.03. The third-order valence-electron chi connectivity index (χ3n) is 3.76. The van der Waals surface area contributed by atoms with Crippen molar-refractivity contribution in [1.29, 1.82) is 5.26 Å². The molecule has 3 aromatic rings. The average molecular weight is 307 g/mol. The molecule has 2 aromatic carbocycles. The van der Waals surface area contributed by atoms with E-state index in [9.17, 15) is 15.4 Å². The van der Waals surface area contributed by atoms with Crippen LogP contribution in [0.15, 0.2) is 48.5 Å². The van der Waals surface area contributed by atoms with E-state index in [1.807, 2.05) is 35.9 Å². The molecule has 0 aliphatic heterocycles. The first-order valence-corrected chi connectivity index (χ1v) is 6.95. The van der Waals surface area contributed by atoms with E-state index in [0.717, 1.165) is 16.6 Å². The van der Waals surface area contributed by atoms with Crippen molar-refractivity contribution >= 4 is 16.6 Å². The van der Waals surface area contributed by atoms with Crippen molar-refractivity contribution in [3.05, 3.63) is 69.9 Å². The number of fused-ring (bicyclic) bond motifs is 1. The maximum Gasteiger partial charge on any atom is 0.269 e. The third kappa shape index (κ3) is 2.60. The largest absolute Gasteiger partial charge is 0.487 e. The summed E-state index contributed by atoms with van der Waals surface area (Å²) in [7, 11) is 1.89. The van der Waals surface area contributed by atoms with Gasteiger partial charge in [0.05, 0.1) is 16.2 Å². The summed E-state index contributed by atoms with van der Waals surface area (Å²) in [5.74, 6) is 0.518. The van der Waals surface area contributed by atoms with Crippen LogP contribution in [0.5, 0.6) is 5.75 Å². The first-order chi connectivity index (χ1) is 11.1. The number of nitriles is 1. The van der Waals surface area contributed by atoms with Crippen LogP contribution >= 0.6 is 0 Å². The number of nitro benzene ring substituents is 1. The number of rotatable bonds is 4. The fourth-order valence-electron chi connectivity index (χ4n) is 2.56. The molecule has 1 heterocycles. The average Bonchev–Trinajstić information content (AvgIpc) is 2.85. The van der Waals surface area contributed by atoms with Crippen LogP contribution in [0.2, 0.25) is 0 Å². The van der Waals surface area contributed by atoms with Crippen molar-refractivity contribution in [2.75, 3.05) is 0 Å². The standard InChI is InChI=1S/C17H13N3O3/c1-19-16-5-3-2-4-14(16)15(10-18)17(19)11-23-13-8-6-12(7-9-13)20(21)22/h2-9H,11H2,1H3. The van der Waals surface area contributed by atoms with E-state index in [1.165, 1.54) is 12.1 Å². The Morgan fingerprint density at radius 2 is 1.91 bits per heavy atom. The second-order valence-corrected chi connectivity index (χ2v) is 5.05. The Bertz CT molecular complexity index is 921. The molecule has 3 rings (SSSR count). The van der Waals surface area contributed by atoms with Crippen LogP contribution in [0, 0.1) is 21.4 Å². The van der Waals surface area contributed by atoms with E-state index >= 15 is 0 Å². The molecule has 0 N–H and O–H groups in total. The predicted octanol–water partition coefficient (Wildman–Crippen LogP) is 3.54. The predicted molar refractivity (Wildman–Crippen MR) is 85.1 cm³/mol. The maximum atomic E-state index is 10.6. The summed E-state index contributed by atoms with van der Waals surface area (Å²) in [4.78, 5) is 10.2. The van der Waals surface area contributed by atoms with Gasteiger partial charge in [-0.05, 0) is 18.2 Å². The van der Waals surface area contributed by atoms with Crippen LogP contribution in [0.1, 0.15) is 11.3 Å². The van der Waals surface area contributed by atoms with Gasteiger partial charge < -0.3 is 9.30 Å². The molecule has 6 heteroatoms. The Hall–Kier alpha value is -3.33. The van der Waals surface area contributed by atoms with E-state index in [1.54, 1.807) is 12.1 Å². The first kappa shape index (κ1) is 14.6. The molecule has 0 bridgehead atoms. The number of nitro groups is 1. The molecule has 0 saturated carbocycles. The van der Waals surface area contributed by atoms with Gasteiger partial charge in [0.15, 0.2) is 0 Å². The lowest BCUT2D eigenvalue weighted by atomic mass is 10.1. The van der Waals surface area contributed by atoms with Crippen LogP contribution in [0.4, 0.5) is 5.69 Å². The number of aromatic nitrogens is 1. The summed E-state index contributed by atoms with van der Waals surface area (Å²) in [5, 5.41) is 21.0. The van der Waals surface area contributed by atoms with Gasteiger partial charge >= 0.3 is 0 Å². The number of non-ortho nitro benzene ring substituents is 1. The number of para-hydroxylation sites is 1. The minimum atomic E-state index is -0.457. The lowest BCUT2D eigenvalue weighted by molar-refractivity contribution is -0.384. The second kappa shape index (κ2) is 5.81. The first-order valence-electron chi connectivity index (χ1n) is 6.95. The number of aryl methyl sites for hydroxylation is 1. The Morgan fingerprint density at radius 3 is 2.57 bits per heavy atom. The molecule has 0 atom stereocenters. The number of ether oxygens (including phenoxy) is 1. The van der Waals surface area contributed by atoms with Crippen LogP contribution in [0.3, 0.4) is 0 Å². The normalized spacial score (nSPS) is 10.4. The van der Waals surface area contributed by atoms with Crippen molar-refractivity contribution in [2.24, 2.45) is 7.05 Å². The Kier molecular flexibility index (Phi) is 3.69. The number of nitrogens with zero attached hydrogens (tertiary/aromatic N) is 3. The van der Waals surface area contributed by atoms with Gasteiger partial charge in [-0.1, -0.05) is 18.2 Å². The molecular weight excluding hydrogens is 294 g/mol. The van der Waals surface area contributed by atoms with Crippen molar-refractivity contribution in [3.8, 4) is 11.8 Å². The van der Waals surface area contributed by atoms with E-state index < -0.39 is 4.92 Å². The highest BCUT2D eigenvalue weighted by molar-refractivity contribution is 5.87. The number of benzene rings is 2. The molecule has 0 amide bonds. The lowest BCUT2D eigenvalue weighted by Gasteiger charge is -2.08. The topological polar surface area (TPSA) is 81.1 Å². The fraction of sp³-hybridized carbons (Fsp3) is 0.118. The highest BCUT2D eigenvalue weighted by Crippen LogP contribution is 2.26. The summed E-state index contributed by atoms with van der Waals surface area (Å²) in [6.07, 6.45) is 0. The van der Waals surface area contributed by atoms with E-state index in [-0.39, 0.29) is 12.3 Å². The molecule has 23 heavy (non-hydrogen) atoms. The van der Waals surface area contributed by atoms with Gasteiger partial charge in [-0.2, -0.15) is 5.26 Å². The Morgan fingerprint density at radius 1 is 1.22 bits per heavy atom. The van der Waals surface area contributed by atoms with Gasteiger partial charge in [-0.25, -0.2) is 0 Å². The fourth-order valence-corrected chi connectivity index (χ4v) is 2.56. The van der Waals surface area contributed by atoms with Crippen LogP contribution in [0.25, 0.3) is 10.9 Å². The summed E-state index contributed by atoms with van der Waals surface area (Å²) >= 11 is 0. The van der Waals surface area contributed by atoms with Gasteiger partial charge in [-0.15, -0.1) is 0 Å². The molecule has 6 nitrogen and oxygen atoms in total. The van der Waals surface area contributed by atoms with E-state index in [0.29, 0.717) is 11.3 Å². The molecule has 0 aliphatic rings.